The van der Waals surface area contributed by atoms with E-state index in [1.54, 1.807) is 0 Å². The molecule has 33 heavy (non-hydrogen) atoms. The smallest absolute Gasteiger partial charge is 0.338 e. The van der Waals surface area contributed by atoms with E-state index >= 15 is 0 Å². The van der Waals surface area contributed by atoms with Gasteiger partial charge in [0.1, 0.15) is 0 Å². The van der Waals surface area contributed by atoms with Crippen molar-refractivity contribution in [3.05, 3.63) is 34.9 Å². The highest BCUT2D eigenvalue weighted by atomic mass is 16.5. The van der Waals surface area contributed by atoms with E-state index in [2.05, 4.69) is 27.7 Å². The Morgan fingerprint density at radius 2 is 1.00 bits per heavy atom. The topological polar surface area (TPSA) is 89.9 Å². The molecule has 6 heteroatoms. The molecule has 0 saturated heterocycles. The fourth-order valence-corrected chi connectivity index (χ4v) is 3.50. The van der Waals surface area contributed by atoms with Gasteiger partial charge in [-0.15, -0.1) is 0 Å². The van der Waals surface area contributed by atoms with Gasteiger partial charge in [0, 0.05) is 0 Å². The summed E-state index contributed by atoms with van der Waals surface area (Å²) in [5, 5.41) is 9.36. The Morgan fingerprint density at radius 1 is 0.636 bits per heavy atom. The molecule has 0 fully saturated rings. The van der Waals surface area contributed by atoms with Crippen LogP contribution in [-0.4, -0.2) is 36.2 Å². The minimum absolute atomic E-state index is 0.0512. The summed E-state index contributed by atoms with van der Waals surface area (Å²) < 4.78 is 10.6. The number of esters is 2. The maximum atomic E-state index is 12.4. The summed E-state index contributed by atoms with van der Waals surface area (Å²) in [7, 11) is 0. The molecule has 0 atom stereocenters. The van der Waals surface area contributed by atoms with Crippen LogP contribution in [0.1, 0.15) is 123 Å². The molecule has 0 amide bonds. The zero-order chi connectivity index (χ0) is 24.6. The second kappa shape index (κ2) is 16.3. The van der Waals surface area contributed by atoms with Gasteiger partial charge in [-0.25, -0.2) is 14.4 Å². The van der Waals surface area contributed by atoms with Crippen molar-refractivity contribution in [1.82, 2.24) is 0 Å². The van der Waals surface area contributed by atoms with Gasteiger partial charge in [-0.05, 0) is 42.9 Å². The number of carboxylic acid groups (broad SMARTS) is 1. The van der Waals surface area contributed by atoms with E-state index in [0.29, 0.717) is 11.8 Å². The van der Waals surface area contributed by atoms with Gasteiger partial charge in [0.05, 0.1) is 29.9 Å². The Balaban J connectivity index is 2.52. The number of aromatic carboxylic acids is 1. The second-order valence-corrected chi connectivity index (χ2v) is 9.57. The molecule has 1 aromatic carbocycles. The number of carbonyl (C=O) groups excluding carboxylic acids is 2. The number of hydrogen-bond donors (Lipinski definition) is 1. The van der Waals surface area contributed by atoms with Gasteiger partial charge in [-0.3, -0.25) is 0 Å². The third-order valence-electron chi connectivity index (χ3n) is 5.47. The summed E-state index contributed by atoms with van der Waals surface area (Å²) in [6.07, 6.45) is 10.4. The number of carbonyl (C=O) groups is 3. The van der Waals surface area contributed by atoms with Crippen LogP contribution in [0.15, 0.2) is 18.2 Å². The van der Waals surface area contributed by atoms with Crippen molar-refractivity contribution in [2.24, 2.45) is 11.8 Å². The molecule has 0 heterocycles. The first kappa shape index (κ1) is 28.7. The van der Waals surface area contributed by atoms with E-state index in [4.69, 9.17) is 9.47 Å². The SMILES string of the molecule is CC(C)CCCCCCOC(=O)c1cc(C(=O)O)cc(C(=O)OCCCCCCC(C)C)c1. The number of rotatable bonds is 17. The molecule has 0 unspecified atom stereocenters. The highest BCUT2D eigenvalue weighted by Crippen LogP contribution is 2.15. The van der Waals surface area contributed by atoms with Crippen LogP contribution in [0.2, 0.25) is 0 Å². The van der Waals surface area contributed by atoms with Gasteiger partial charge in [-0.1, -0.05) is 79.1 Å². The first-order valence-corrected chi connectivity index (χ1v) is 12.4. The molecule has 0 bridgehead atoms. The molecule has 1 rings (SSSR count). The molecular weight excluding hydrogens is 420 g/mol. The van der Waals surface area contributed by atoms with Crippen molar-refractivity contribution < 1.29 is 29.0 Å². The predicted molar refractivity (Wildman–Crippen MR) is 130 cm³/mol. The van der Waals surface area contributed by atoms with Crippen LogP contribution in [0.3, 0.4) is 0 Å². The Morgan fingerprint density at radius 3 is 1.36 bits per heavy atom. The summed E-state index contributed by atoms with van der Waals surface area (Å²) in [6.45, 7) is 9.35. The van der Waals surface area contributed by atoms with Crippen molar-refractivity contribution in [3.63, 3.8) is 0 Å². The van der Waals surface area contributed by atoms with E-state index in [1.807, 2.05) is 0 Å². The van der Waals surface area contributed by atoms with Gasteiger partial charge in [-0.2, -0.15) is 0 Å². The average molecular weight is 463 g/mol. The molecule has 186 valence electrons. The molecule has 0 saturated carbocycles. The first-order chi connectivity index (χ1) is 15.7. The summed E-state index contributed by atoms with van der Waals surface area (Å²) >= 11 is 0. The summed E-state index contributed by atoms with van der Waals surface area (Å²) in [6, 6.07) is 3.82. The van der Waals surface area contributed by atoms with Crippen LogP contribution < -0.4 is 0 Å². The Bertz CT molecular complexity index is 686. The standard InChI is InChI=1S/C27H42O6/c1-20(2)13-9-5-7-11-15-32-26(30)23-17-22(25(28)29)18-24(19-23)27(31)33-16-12-8-6-10-14-21(3)4/h17-21H,5-16H2,1-4H3,(H,28,29). The predicted octanol–water partition coefficient (Wildman–Crippen LogP) is 6.91. The highest BCUT2D eigenvalue weighted by molar-refractivity contribution is 6.00. The third-order valence-corrected chi connectivity index (χ3v) is 5.47. The molecule has 0 spiro atoms. The molecule has 0 aliphatic heterocycles. The highest BCUT2D eigenvalue weighted by Gasteiger charge is 2.17. The third kappa shape index (κ3) is 13.1. The van der Waals surface area contributed by atoms with Gasteiger partial charge in [0.25, 0.3) is 0 Å². The van der Waals surface area contributed by atoms with Crippen LogP contribution in [0.4, 0.5) is 0 Å². The number of carboxylic acids is 1. The Labute approximate surface area is 199 Å². The summed E-state index contributed by atoms with van der Waals surface area (Å²) in [5.41, 5.74) is -0.0375. The van der Waals surface area contributed by atoms with Crippen molar-refractivity contribution in [3.8, 4) is 0 Å². The van der Waals surface area contributed by atoms with Crippen LogP contribution in [0.5, 0.6) is 0 Å². The lowest BCUT2D eigenvalue weighted by atomic mass is 10.0. The second-order valence-electron chi connectivity index (χ2n) is 9.57. The largest absolute Gasteiger partial charge is 0.478 e. The maximum Gasteiger partial charge on any atom is 0.338 e. The minimum Gasteiger partial charge on any atom is -0.478 e. The number of unbranched alkanes of at least 4 members (excludes halogenated alkanes) is 6. The number of benzene rings is 1. The normalized spacial score (nSPS) is 11.1. The van der Waals surface area contributed by atoms with E-state index in [9.17, 15) is 19.5 Å². The first-order valence-electron chi connectivity index (χ1n) is 12.4. The molecule has 6 nitrogen and oxygen atoms in total. The Hall–Kier alpha value is -2.37. The van der Waals surface area contributed by atoms with Crippen molar-refractivity contribution >= 4 is 17.9 Å². The van der Waals surface area contributed by atoms with Crippen LogP contribution in [-0.2, 0) is 9.47 Å². The molecular formula is C27H42O6. The lowest BCUT2D eigenvalue weighted by Crippen LogP contribution is -2.13. The van der Waals surface area contributed by atoms with Crippen LogP contribution in [0, 0.1) is 11.8 Å². The average Bonchev–Trinajstić information content (AvgIpc) is 2.76. The number of ether oxygens (including phenoxy) is 2. The van der Waals surface area contributed by atoms with Gasteiger partial charge in [0.15, 0.2) is 0 Å². The van der Waals surface area contributed by atoms with Gasteiger partial charge >= 0.3 is 17.9 Å². The molecule has 0 aliphatic rings. The Kier molecular flexibility index (Phi) is 14.1. The fraction of sp³-hybridized carbons (Fsp3) is 0.667. The maximum absolute atomic E-state index is 12.4. The number of hydrogen-bond acceptors (Lipinski definition) is 5. The molecule has 0 aromatic heterocycles. The lowest BCUT2D eigenvalue weighted by Gasteiger charge is -2.09. The van der Waals surface area contributed by atoms with Crippen LogP contribution >= 0.6 is 0 Å². The van der Waals surface area contributed by atoms with Crippen molar-refractivity contribution in [1.29, 1.82) is 0 Å². The summed E-state index contributed by atoms with van der Waals surface area (Å²) in [4.78, 5) is 36.3. The molecule has 1 N–H and O–H groups in total. The van der Waals surface area contributed by atoms with E-state index in [-0.39, 0.29) is 29.9 Å². The molecule has 0 radical (unpaired) electrons. The van der Waals surface area contributed by atoms with Crippen molar-refractivity contribution in [2.75, 3.05) is 13.2 Å². The van der Waals surface area contributed by atoms with E-state index < -0.39 is 17.9 Å². The minimum atomic E-state index is -1.21. The van der Waals surface area contributed by atoms with Crippen molar-refractivity contribution in [2.45, 2.75) is 91.9 Å². The van der Waals surface area contributed by atoms with Gasteiger partial charge < -0.3 is 14.6 Å². The zero-order valence-electron chi connectivity index (χ0n) is 20.9. The quantitative estimate of drug-likeness (QED) is 0.200. The monoisotopic (exact) mass is 462 g/mol. The van der Waals surface area contributed by atoms with E-state index in [0.717, 1.165) is 51.4 Å². The van der Waals surface area contributed by atoms with Gasteiger partial charge in [0.2, 0.25) is 0 Å². The molecule has 1 aromatic rings. The summed E-state index contributed by atoms with van der Waals surface area (Å²) in [5.74, 6) is -1.08. The lowest BCUT2D eigenvalue weighted by molar-refractivity contribution is 0.0496. The molecule has 0 aliphatic carbocycles. The zero-order valence-corrected chi connectivity index (χ0v) is 20.9. The fourth-order valence-electron chi connectivity index (χ4n) is 3.50. The van der Waals surface area contributed by atoms with E-state index in [1.165, 1.54) is 31.0 Å². The van der Waals surface area contributed by atoms with Crippen LogP contribution in [0.25, 0.3) is 0 Å².